The Morgan fingerprint density at radius 3 is 2.71 bits per heavy atom. The summed E-state index contributed by atoms with van der Waals surface area (Å²) in [5, 5.41) is 7.59. The molecule has 0 aliphatic heterocycles. The molecule has 110 valence electrons. The Hall–Kier alpha value is -2.10. The first-order chi connectivity index (χ1) is 10.1. The quantitative estimate of drug-likeness (QED) is 0.937. The lowest BCUT2D eigenvalue weighted by Gasteiger charge is -2.14. The first-order valence-electron chi connectivity index (χ1n) is 7.49. The second kappa shape index (κ2) is 5.35. The van der Waals surface area contributed by atoms with Crippen molar-refractivity contribution >= 4 is 5.91 Å². The van der Waals surface area contributed by atoms with E-state index < -0.39 is 0 Å². The number of carbonyl (C=O) groups excluding carboxylic acids is 1. The maximum Gasteiger partial charge on any atom is 0.223 e. The van der Waals surface area contributed by atoms with E-state index in [2.05, 4.69) is 36.4 Å². The summed E-state index contributed by atoms with van der Waals surface area (Å²) in [7, 11) is 0. The summed E-state index contributed by atoms with van der Waals surface area (Å²) in [6, 6.07) is 8.18. The number of hydrogen-bond donors (Lipinski definition) is 1. The van der Waals surface area contributed by atoms with Gasteiger partial charge in [-0.05, 0) is 45.2 Å². The maximum atomic E-state index is 11.9. The number of rotatable bonds is 4. The topological polar surface area (TPSA) is 46.9 Å². The molecule has 1 amide bonds. The molecule has 4 nitrogen and oxygen atoms in total. The van der Waals surface area contributed by atoms with Crippen LogP contribution in [0.2, 0.25) is 0 Å². The normalized spacial score (nSPS) is 15.8. The molecule has 1 N–H and O–H groups in total. The average Bonchev–Trinajstić information content (AvgIpc) is 3.23. The van der Waals surface area contributed by atoms with Crippen molar-refractivity contribution in [3.05, 3.63) is 47.3 Å². The molecule has 1 aromatic carbocycles. The first-order valence-corrected chi connectivity index (χ1v) is 7.49. The standard InChI is InChI=1S/C17H21N3O/c1-11-6-4-5-7-16(11)20-13(3)15(10-18-20)12(2)19-17(21)14-8-9-14/h4-7,10,12,14H,8-9H2,1-3H3,(H,19,21). The summed E-state index contributed by atoms with van der Waals surface area (Å²) in [5.74, 6) is 0.407. The van der Waals surface area contributed by atoms with Crippen molar-refractivity contribution in [2.75, 3.05) is 0 Å². The van der Waals surface area contributed by atoms with E-state index in [4.69, 9.17) is 0 Å². The Kier molecular flexibility index (Phi) is 3.53. The summed E-state index contributed by atoms with van der Waals surface area (Å²) in [6.07, 6.45) is 3.92. The van der Waals surface area contributed by atoms with E-state index >= 15 is 0 Å². The third-order valence-electron chi connectivity index (χ3n) is 4.16. The van der Waals surface area contributed by atoms with Gasteiger partial charge in [0.25, 0.3) is 0 Å². The minimum absolute atomic E-state index is 0.00383. The van der Waals surface area contributed by atoms with Crippen LogP contribution in [-0.2, 0) is 4.79 Å². The Morgan fingerprint density at radius 2 is 2.05 bits per heavy atom. The molecule has 1 fully saturated rings. The van der Waals surface area contributed by atoms with Gasteiger partial charge in [-0.15, -0.1) is 0 Å². The van der Waals surface area contributed by atoms with Crippen molar-refractivity contribution in [3.8, 4) is 5.69 Å². The van der Waals surface area contributed by atoms with Crippen LogP contribution in [0.1, 0.15) is 42.6 Å². The molecule has 1 heterocycles. The highest BCUT2D eigenvalue weighted by atomic mass is 16.2. The fourth-order valence-corrected chi connectivity index (χ4v) is 2.65. The lowest BCUT2D eigenvalue weighted by atomic mass is 10.1. The van der Waals surface area contributed by atoms with Crippen LogP contribution < -0.4 is 5.32 Å². The van der Waals surface area contributed by atoms with Crippen LogP contribution >= 0.6 is 0 Å². The Balaban J connectivity index is 1.85. The summed E-state index contributed by atoms with van der Waals surface area (Å²) in [4.78, 5) is 11.9. The number of benzene rings is 1. The first kappa shape index (κ1) is 13.9. The molecule has 1 aliphatic rings. The number of nitrogens with one attached hydrogen (secondary N) is 1. The third-order valence-corrected chi connectivity index (χ3v) is 4.16. The number of hydrogen-bond acceptors (Lipinski definition) is 2. The highest BCUT2D eigenvalue weighted by molar-refractivity contribution is 5.81. The van der Waals surface area contributed by atoms with Gasteiger partial charge in [0, 0.05) is 17.2 Å². The van der Waals surface area contributed by atoms with Crippen LogP contribution in [0.15, 0.2) is 30.5 Å². The molecule has 1 atom stereocenters. The van der Waals surface area contributed by atoms with Crippen LogP contribution in [0.4, 0.5) is 0 Å². The molecule has 0 saturated heterocycles. The molecule has 1 aromatic heterocycles. The molecule has 4 heteroatoms. The summed E-state index contributed by atoms with van der Waals surface area (Å²) in [5.41, 5.74) is 4.42. The van der Waals surface area contributed by atoms with Crippen molar-refractivity contribution in [2.24, 2.45) is 5.92 Å². The second-order valence-electron chi connectivity index (χ2n) is 5.89. The zero-order chi connectivity index (χ0) is 15.0. The van der Waals surface area contributed by atoms with Gasteiger partial charge in [0.2, 0.25) is 5.91 Å². The fourth-order valence-electron chi connectivity index (χ4n) is 2.65. The van der Waals surface area contributed by atoms with Gasteiger partial charge >= 0.3 is 0 Å². The van der Waals surface area contributed by atoms with Gasteiger partial charge in [-0.1, -0.05) is 18.2 Å². The van der Waals surface area contributed by atoms with Gasteiger partial charge in [0.05, 0.1) is 17.9 Å². The van der Waals surface area contributed by atoms with Crippen molar-refractivity contribution in [1.82, 2.24) is 15.1 Å². The van der Waals surface area contributed by atoms with E-state index in [1.807, 2.05) is 29.9 Å². The van der Waals surface area contributed by atoms with Crippen LogP contribution in [-0.4, -0.2) is 15.7 Å². The number of carbonyl (C=O) groups is 1. The number of amides is 1. The van der Waals surface area contributed by atoms with Gasteiger partial charge in [0.1, 0.15) is 0 Å². The van der Waals surface area contributed by atoms with E-state index in [-0.39, 0.29) is 17.9 Å². The van der Waals surface area contributed by atoms with E-state index in [0.717, 1.165) is 29.8 Å². The SMILES string of the molecule is Cc1ccccc1-n1ncc(C(C)NC(=O)C2CC2)c1C. The molecular weight excluding hydrogens is 262 g/mol. The molecule has 0 spiro atoms. The highest BCUT2D eigenvalue weighted by Crippen LogP contribution is 2.30. The minimum atomic E-state index is -0.00383. The number of para-hydroxylation sites is 1. The number of aromatic nitrogens is 2. The lowest BCUT2D eigenvalue weighted by molar-refractivity contribution is -0.122. The molecule has 1 unspecified atom stereocenters. The van der Waals surface area contributed by atoms with Gasteiger partial charge in [0.15, 0.2) is 0 Å². The Bertz CT molecular complexity index is 670. The third kappa shape index (κ3) is 2.71. The molecular formula is C17H21N3O. The van der Waals surface area contributed by atoms with Gasteiger partial charge < -0.3 is 5.32 Å². The van der Waals surface area contributed by atoms with E-state index in [0.29, 0.717) is 0 Å². The molecule has 2 aromatic rings. The fraction of sp³-hybridized carbons (Fsp3) is 0.412. The van der Waals surface area contributed by atoms with Gasteiger partial charge in [-0.3, -0.25) is 4.79 Å². The smallest absolute Gasteiger partial charge is 0.223 e. The van der Waals surface area contributed by atoms with Crippen molar-refractivity contribution in [2.45, 2.75) is 39.7 Å². The maximum absolute atomic E-state index is 11.9. The second-order valence-corrected chi connectivity index (χ2v) is 5.89. The zero-order valence-corrected chi connectivity index (χ0v) is 12.8. The van der Waals surface area contributed by atoms with E-state index in [1.165, 1.54) is 5.56 Å². The van der Waals surface area contributed by atoms with Crippen molar-refractivity contribution < 1.29 is 4.79 Å². The Morgan fingerprint density at radius 1 is 1.33 bits per heavy atom. The van der Waals surface area contributed by atoms with Crippen LogP contribution in [0.5, 0.6) is 0 Å². The molecule has 3 rings (SSSR count). The molecule has 0 bridgehead atoms. The van der Waals surface area contributed by atoms with Crippen LogP contribution in [0.3, 0.4) is 0 Å². The minimum Gasteiger partial charge on any atom is -0.349 e. The molecule has 1 aliphatic carbocycles. The zero-order valence-electron chi connectivity index (χ0n) is 12.8. The largest absolute Gasteiger partial charge is 0.349 e. The molecule has 1 saturated carbocycles. The van der Waals surface area contributed by atoms with Crippen LogP contribution in [0, 0.1) is 19.8 Å². The van der Waals surface area contributed by atoms with Gasteiger partial charge in [-0.2, -0.15) is 5.10 Å². The summed E-state index contributed by atoms with van der Waals surface area (Å²) < 4.78 is 1.95. The van der Waals surface area contributed by atoms with Crippen molar-refractivity contribution in [1.29, 1.82) is 0 Å². The average molecular weight is 283 g/mol. The highest BCUT2D eigenvalue weighted by Gasteiger charge is 2.30. The number of nitrogens with zero attached hydrogens (tertiary/aromatic N) is 2. The predicted molar refractivity (Wildman–Crippen MR) is 82.3 cm³/mol. The van der Waals surface area contributed by atoms with Crippen molar-refractivity contribution in [3.63, 3.8) is 0 Å². The summed E-state index contributed by atoms with van der Waals surface area (Å²) in [6.45, 7) is 6.15. The van der Waals surface area contributed by atoms with E-state index in [1.54, 1.807) is 0 Å². The number of aryl methyl sites for hydroxylation is 1. The summed E-state index contributed by atoms with van der Waals surface area (Å²) >= 11 is 0. The van der Waals surface area contributed by atoms with Crippen LogP contribution in [0.25, 0.3) is 5.69 Å². The van der Waals surface area contributed by atoms with Gasteiger partial charge in [-0.25, -0.2) is 4.68 Å². The predicted octanol–water partition coefficient (Wildman–Crippen LogP) is 3.08. The lowest BCUT2D eigenvalue weighted by Crippen LogP contribution is -2.28. The molecule has 21 heavy (non-hydrogen) atoms. The van der Waals surface area contributed by atoms with E-state index in [9.17, 15) is 4.79 Å². The Labute approximate surface area is 125 Å². The molecule has 0 radical (unpaired) electrons. The monoisotopic (exact) mass is 283 g/mol.